The number of methoxy groups -OCH3 is 1. The van der Waals surface area contributed by atoms with Gasteiger partial charge in [0.05, 0.1) is 13.1 Å². The summed E-state index contributed by atoms with van der Waals surface area (Å²) >= 11 is 0. The van der Waals surface area contributed by atoms with E-state index >= 15 is 0 Å². The third-order valence-corrected chi connectivity index (χ3v) is 1.58. The van der Waals surface area contributed by atoms with E-state index < -0.39 is 11.8 Å². The molecule has 0 bridgehead atoms. The Morgan fingerprint density at radius 2 is 1.71 bits per heavy atom. The second kappa shape index (κ2) is 7.28. The van der Waals surface area contributed by atoms with Crippen molar-refractivity contribution < 1.29 is 14.3 Å². The lowest BCUT2D eigenvalue weighted by atomic mass is 10.3. The van der Waals surface area contributed by atoms with Crippen LogP contribution in [0.5, 0.6) is 0 Å². The molecule has 6 nitrogen and oxygen atoms in total. The molecule has 0 saturated carbocycles. The number of primary amides is 2. The highest BCUT2D eigenvalue weighted by molar-refractivity contribution is 5.79. The van der Waals surface area contributed by atoms with Crippen LogP contribution in [-0.2, 0) is 14.3 Å². The Bertz CT molecular complexity index is 180. The third kappa shape index (κ3) is 7.51. The smallest absolute Gasteiger partial charge is 0.231 e. The number of ether oxygens (including phenoxy) is 1. The lowest BCUT2D eigenvalue weighted by molar-refractivity contribution is -0.121. The van der Waals surface area contributed by atoms with Crippen molar-refractivity contribution in [3.05, 3.63) is 0 Å². The molecule has 0 heterocycles. The average molecular weight is 203 g/mol. The van der Waals surface area contributed by atoms with E-state index in [1.165, 1.54) is 0 Å². The van der Waals surface area contributed by atoms with Gasteiger partial charge in [0.25, 0.3) is 0 Å². The van der Waals surface area contributed by atoms with E-state index in [0.717, 1.165) is 6.42 Å². The van der Waals surface area contributed by atoms with Crippen molar-refractivity contribution in [1.82, 2.24) is 4.90 Å². The van der Waals surface area contributed by atoms with Gasteiger partial charge in [-0.25, -0.2) is 0 Å². The molecule has 0 aromatic heterocycles. The van der Waals surface area contributed by atoms with Crippen molar-refractivity contribution >= 4 is 11.8 Å². The van der Waals surface area contributed by atoms with E-state index in [2.05, 4.69) is 0 Å². The predicted molar refractivity (Wildman–Crippen MR) is 51.3 cm³/mol. The number of nitrogens with zero attached hydrogens (tertiary/aromatic N) is 1. The maximum Gasteiger partial charge on any atom is 0.231 e. The van der Waals surface area contributed by atoms with Gasteiger partial charge in [-0.3, -0.25) is 14.5 Å². The molecular weight excluding hydrogens is 186 g/mol. The summed E-state index contributed by atoms with van der Waals surface area (Å²) in [5.74, 6) is -0.938. The molecule has 14 heavy (non-hydrogen) atoms. The number of carbonyl (C=O) groups excluding carboxylic acids is 2. The summed E-state index contributed by atoms with van der Waals surface area (Å²) in [6.07, 6.45) is 0.733. The van der Waals surface area contributed by atoms with Gasteiger partial charge in [-0.15, -0.1) is 0 Å². The number of hydrogen-bond donors (Lipinski definition) is 2. The molecule has 0 aliphatic heterocycles. The van der Waals surface area contributed by atoms with E-state index in [0.29, 0.717) is 13.2 Å². The maximum atomic E-state index is 10.6. The number of hydrogen-bond acceptors (Lipinski definition) is 4. The van der Waals surface area contributed by atoms with Crippen molar-refractivity contribution in [2.45, 2.75) is 6.42 Å². The first-order valence-corrected chi connectivity index (χ1v) is 4.34. The van der Waals surface area contributed by atoms with E-state index in [1.54, 1.807) is 12.0 Å². The number of amides is 2. The van der Waals surface area contributed by atoms with Crippen LogP contribution in [0.1, 0.15) is 6.42 Å². The third-order valence-electron chi connectivity index (χ3n) is 1.58. The molecule has 0 aliphatic carbocycles. The summed E-state index contributed by atoms with van der Waals surface area (Å²) in [6, 6.07) is 0. The minimum Gasteiger partial charge on any atom is -0.385 e. The summed E-state index contributed by atoms with van der Waals surface area (Å²) < 4.78 is 4.84. The molecule has 0 saturated heterocycles. The highest BCUT2D eigenvalue weighted by Crippen LogP contribution is 1.91. The van der Waals surface area contributed by atoms with Crippen LogP contribution in [0.3, 0.4) is 0 Å². The highest BCUT2D eigenvalue weighted by Gasteiger charge is 2.10. The monoisotopic (exact) mass is 203 g/mol. The fourth-order valence-corrected chi connectivity index (χ4v) is 1.09. The fourth-order valence-electron chi connectivity index (χ4n) is 1.09. The Balaban J connectivity index is 3.84. The first-order chi connectivity index (χ1) is 6.56. The Morgan fingerprint density at radius 1 is 1.21 bits per heavy atom. The Hall–Kier alpha value is -1.14. The summed E-state index contributed by atoms with van der Waals surface area (Å²) in [5.41, 5.74) is 10.0. The minimum absolute atomic E-state index is 0.0483. The Morgan fingerprint density at radius 3 is 2.07 bits per heavy atom. The van der Waals surface area contributed by atoms with Gasteiger partial charge in [0.2, 0.25) is 11.8 Å². The largest absolute Gasteiger partial charge is 0.385 e. The SMILES string of the molecule is COCCCN(CC(N)=O)CC(N)=O. The molecule has 0 spiro atoms. The zero-order valence-electron chi connectivity index (χ0n) is 8.36. The Kier molecular flexibility index (Phi) is 6.69. The van der Waals surface area contributed by atoms with Crippen LogP contribution >= 0.6 is 0 Å². The molecule has 0 atom stereocenters. The van der Waals surface area contributed by atoms with Gasteiger partial charge >= 0.3 is 0 Å². The van der Waals surface area contributed by atoms with Crippen molar-refractivity contribution in [3.63, 3.8) is 0 Å². The van der Waals surface area contributed by atoms with Gasteiger partial charge in [0.1, 0.15) is 0 Å². The number of carbonyl (C=O) groups is 2. The van der Waals surface area contributed by atoms with Crippen molar-refractivity contribution in [3.8, 4) is 0 Å². The van der Waals surface area contributed by atoms with Gasteiger partial charge in [0, 0.05) is 20.3 Å². The van der Waals surface area contributed by atoms with Crippen LogP contribution in [0.2, 0.25) is 0 Å². The summed E-state index contributed by atoms with van der Waals surface area (Å²) in [5, 5.41) is 0. The predicted octanol–water partition coefficient (Wildman–Crippen LogP) is -1.70. The van der Waals surface area contributed by atoms with Crippen molar-refractivity contribution in [2.24, 2.45) is 11.5 Å². The molecule has 4 N–H and O–H groups in total. The molecule has 0 aliphatic rings. The van der Waals surface area contributed by atoms with Crippen LogP contribution in [0.4, 0.5) is 0 Å². The summed E-state index contributed by atoms with van der Waals surface area (Å²) in [7, 11) is 1.59. The molecule has 6 heteroatoms. The molecular formula is C8H17N3O3. The van der Waals surface area contributed by atoms with Crippen molar-refractivity contribution in [2.75, 3.05) is 33.4 Å². The fraction of sp³-hybridized carbons (Fsp3) is 0.750. The number of rotatable bonds is 8. The van der Waals surface area contributed by atoms with Gasteiger partial charge in [-0.2, -0.15) is 0 Å². The van der Waals surface area contributed by atoms with Crippen LogP contribution in [-0.4, -0.2) is 50.1 Å². The Labute approximate surface area is 83.2 Å². The van der Waals surface area contributed by atoms with Gasteiger partial charge in [0.15, 0.2) is 0 Å². The normalized spacial score (nSPS) is 10.4. The van der Waals surface area contributed by atoms with Crippen molar-refractivity contribution in [1.29, 1.82) is 0 Å². The standard InChI is InChI=1S/C8H17N3O3/c1-14-4-2-3-11(5-7(9)12)6-8(10)13/h2-6H2,1H3,(H2,9,12)(H2,10,13). The first kappa shape index (κ1) is 12.9. The molecule has 0 rings (SSSR count). The van der Waals surface area contributed by atoms with Gasteiger partial charge < -0.3 is 16.2 Å². The molecule has 82 valence electrons. The van der Waals surface area contributed by atoms with E-state index in [4.69, 9.17) is 16.2 Å². The highest BCUT2D eigenvalue weighted by atomic mass is 16.5. The molecule has 0 radical (unpaired) electrons. The summed E-state index contributed by atoms with van der Waals surface area (Å²) in [4.78, 5) is 22.8. The van der Waals surface area contributed by atoms with E-state index in [9.17, 15) is 9.59 Å². The maximum absolute atomic E-state index is 10.6. The van der Waals surface area contributed by atoms with E-state index in [-0.39, 0.29) is 13.1 Å². The van der Waals surface area contributed by atoms with Crippen LogP contribution in [0, 0.1) is 0 Å². The topological polar surface area (TPSA) is 98.7 Å². The van der Waals surface area contributed by atoms with Gasteiger partial charge in [-0.1, -0.05) is 0 Å². The second-order valence-electron chi connectivity index (χ2n) is 2.99. The van der Waals surface area contributed by atoms with Crippen LogP contribution < -0.4 is 11.5 Å². The second-order valence-corrected chi connectivity index (χ2v) is 2.99. The molecule has 2 amide bonds. The molecule has 0 aromatic rings. The molecule has 0 aromatic carbocycles. The van der Waals surface area contributed by atoms with E-state index in [1.807, 2.05) is 0 Å². The zero-order chi connectivity index (χ0) is 11.0. The first-order valence-electron chi connectivity index (χ1n) is 4.34. The molecule has 0 unspecified atom stereocenters. The number of nitrogens with two attached hydrogens (primary N) is 2. The summed E-state index contributed by atoms with van der Waals surface area (Å²) in [6.45, 7) is 1.24. The molecule has 0 fully saturated rings. The van der Waals surface area contributed by atoms with Crippen LogP contribution in [0.25, 0.3) is 0 Å². The van der Waals surface area contributed by atoms with Crippen LogP contribution in [0.15, 0.2) is 0 Å². The lowest BCUT2D eigenvalue weighted by Crippen LogP contribution is -2.40. The lowest BCUT2D eigenvalue weighted by Gasteiger charge is -2.18. The zero-order valence-corrected chi connectivity index (χ0v) is 8.36. The average Bonchev–Trinajstić information content (AvgIpc) is 2.02. The minimum atomic E-state index is -0.469. The van der Waals surface area contributed by atoms with Gasteiger partial charge in [-0.05, 0) is 6.42 Å². The quantitative estimate of drug-likeness (QED) is 0.459.